The lowest BCUT2D eigenvalue weighted by molar-refractivity contribution is -0.127. The van der Waals surface area contributed by atoms with Crippen LogP contribution in [0, 0.1) is 11.8 Å². The number of fused-ring (bicyclic) bond motifs is 1. The summed E-state index contributed by atoms with van der Waals surface area (Å²) >= 11 is 0. The molecule has 6 N–H and O–H groups in total. The lowest BCUT2D eigenvalue weighted by atomic mass is 9.81. The fraction of sp³-hybridized carbons (Fsp3) is 0.394. The van der Waals surface area contributed by atoms with Gasteiger partial charge >= 0.3 is 0 Å². The number of pyridine rings is 1. The van der Waals surface area contributed by atoms with Crippen LogP contribution in [0.5, 0.6) is 0 Å². The standard InChI is InChI=1S/C33H39N7O4.ClH/c34-19-22-3-7-24(8-4-22)33(43)40(26-10-11-27-28(18-26)37-38-32(27)42)29(31(35)41)17-21-1-5-23(6-2-21)25-9-12-30(36-20-25)39-13-15-44-16-14-39;/h1-2,5-6,9-12,18,20,22,24,29H,3-4,7-8,13-17,19,34H2,(H2,35,41)(H2,37,38,42);1H/t22-,24-,29-;/m0./s1. The van der Waals surface area contributed by atoms with E-state index in [1.165, 1.54) is 0 Å². The van der Waals surface area contributed by atoms with Crippen LogP contribution in [0.1, 0.15) is 31.2 Å². The maximum absolute atomic E-state index is 14.1. The van der Waals surface area contributed by atoms with E-state index in [-0.39, 0.29) is 36.2 Å². The Morgan fingerprint density at radius 2 is 1.69 bits per heavy atom. The second-order valence-electron chi connectivity index (χ2n) is 11.8. The van der Waals surface area contributed by atoms with E-state index in [1.807, 2.05) is 36.5 Å². The minimum Gasteiger partial charge on any atom is -0.378 e. The van der Waals surface area contributed by atoms with Gasteiger partial charge in [-0.25, -0.2) is 4.98 Å². The Bertz CT molecular complexity index is 1660. The molecule has 1 saturated carbocycles. The van der Waals surface area contributed by atoms with E-state index in [0.29, 0.717) is 55.1 Å². The maximum Gasteiger partial charge on any atom is 0.271 e. The highest BCUT2D eigenvalue weighted by Crippen LogP contribution is 2.33. The number of carbonyl (C=O) groups excluding carboxylic acids is 2. The number of hydrogen-bond acceptors (Lipinski definition) is 7. The molecular weight excluding hydrogens is 594 g/mol. The van der Waals surface area contributed by atoms with Crippen LogP contribution in [0.4, 0.5) is 11.5 Å². The first-order valence-electron chi connectivity index (χ1n) is 15.3. The average molecular weight is 634 g/mol. The molecule has 238 valence electrons. The molecule has 2 aromatic carbocycles. The van der Waals surface area contributed by atoms with E-state index in [1.54, 1.807) is 23.1 Å². The molecule has 1 aliphatic heterocycles. The third-order valence-corrected chi connectivity index (χ3v) is 9.04. The number of morpholine rings is 1. The van der Waals surface area contributed by atoms with Gasteiger partial charge in [-0.05, 0) is 79.6 Å². The van der Waals surface area contributed by atoms with E-state index in [2.05, 4.69) is 26.1 Å². The first-order valence-corrected chi connectivity index (χ1v) is 15.3. The third kappa shape index (κ3) is 7.06. The van der Waals surface area contributed by atoms with Crippen molar-refractivity contribution in [1.82, 2.24) is 15.2 Å². The van der Waals surface area contributed by atoms with E-state index >= 15 is 0 Å². The van der Waals surface area contributed by atoms with Crippen molar-refractivity contribution in [3.8, 4) is 11.1 Å². The van der Waals surface area contributed by atoms with Crippen molar-refractivity contribution in [3.05, 3.63) is 76.7 Å². The van der Waals surface area contributed by atoms with Gasteiger partial charge in [-0.15, -0.1) is 12.4 Å². The summed E-state index contributed by atoms with van der Waals surface area (Å²) in [5.74, 6) is 0.371. The predicted molar refractivity (Wildman–Crippen MR) is 178 cm³/mol. The van der Waals surface area contributed by atoms with Crippen LogP contribution in [0.3, 0.4) is 0 Å². The number of halogens is 1. The Morgan fingerprint density at radius 1 is 0.978 bits per heavy atom. The first-order chi connectivity index (χ1) is 21.4. The lowest BCUT2D eigenvalue weighted by Gasteiger charge is -2.35. The van der Waals surface area contributed by atoms with Crippen molar-refractivity contribution in [1.29, 1.82) is 0 Å². The molecule has 12 heteroatoms. The first kappa shape index (κ1) is 32.2. The normalized spacial score (nSPS) is 19.1. The van der Waals surface area contributed by atoms with Crippen LogP contribution in [0.2, 0.25) is 0 Å². The number of hydrogen-bond donors (Lipinski definition) is 4. The largest absolute Gasteiger partial charge is 0.378 e. The van der Waals surface area contributed by atoms with Crippen molar-refractivity contribution < 1.29 is 14.3 Å². The summed E-state index contributed by atoms with van der Waals surface area (Å²) in [7, 11) is 0. The number of anilines is 2. The van der Waals surface area contributed by atoms with Crippen molar-refractivity contribution in [3.63, 3.8) is 0 Å². The summed E-state index contributed by atoms with van der Waals surface area (Å²) in [5.41, 5.74) is 15.6. The summed E-state index contributed by atoms with van der Waals surface area (Å²) in [6.45, 7) is 3.67. The third-order valence-electron chi connectivity index (χ3n) is 9.04. The highest BCUT2D eigenvalue weighted by atomic mass is 35.5. The van der Waals surface area contributed by atoms with Gasteiger partial charge in [-0.1, -0.05) is 24.3 Å². The Morgan fingerprint density at radius 3 is 2.33 bits per heavy atom. The molecular formula is C33H40ClN7O4. The molecule has 2 aliphatic rings. The van der Waals surface area contributed by atoms with Crippen LogP contribution in [0.15, 0.2) is 65.6 Å². The number of benzene rings is 2. The van der Waals surface area contributed by atoms with Gasteiger partial charge in [-0.3, -0.25) is 29.5 Å². The monoisotopic (exact) mass is 633 g/mol. The topological polar surface area (TPSA) is 163 Å². The van der Waals surface area contributed by atoms with Crippen molar-refractivity contribution >= 4 is 46.6 Å². The van der Waals surface area contributed by atoms with Gasteiger partial charge in [0.15, 0.2) is 0 Å². The molecule has 0 unspecified atom stereocenters. The average Bonchev–Trinajstić information content (AvgIpc) is 3.44. The van der Waals surface area contributed by atoms with Crippen LogP contribution in [-0.4, -0.2) is 65.9 Å². The molecule has 0 radical (unpaired) electrons. The molecule has 2 aromatic heterocycles. The summed E-state index contributed by atoms with van der Waals surface area (Å²) in [6.07, 6.45) is 5.27. The Kier molecular flexibility index (Phi) is 10.2. The zero-order valence-corrected chi connectivity index (χ0v) is 25.9. The Balaban J connectivity index is 0.00000400. The molecule has 2 fully saturated rings. The number of amides is 2. The van der Waals surface area contributed by atoms with Crippen molar-refractivity contribution in [2.24, 2.45) is 23.3 Å². The molecule has 6 rings (SSSR count). The molecule has 0 bridgehead atoms. The number of H-pyrrole nitrogens is 2. The molecule has 1 atom stereocenters. The van der Waals surface area contributed by atoms with Crippen LogP contribution in [0.25, 0.3) is 22.0 Å². The second-order valence-corrected chi connectivity index (χ2v) is 11.8. The van der Waals surface area contributed by atoms with E-state index in [0.717, 1.165) is 48.4 Å². The zero-order valence-electron chi connectivity index (χ0n) is 25.1. The van der Waals surface area contributed by atoms with Gasteiger partial charge in [0.25, 0.3) is 5.56 Å². The van der Waals surface area contributed by atoms with Gasteiger partial charge in [0.05, 0.1) is 24.1 Å². The smallest absolute Gasteiger partial charge is 0.271 e. The summed E-state index contributed by atoms with van der Waals surface area (Å²) < 4.78 is 5.44. The van der Waals surface area contributed by atoms with Crippen molar-refractivity contribution in [2.45, 2.75) is 38.1 Å². The number of aromatic nitrogens is 3. The van der Waals surface area contributed by atoms with E-state index in [9.17, 15) is 14.4 Å². The number of carbonyl (C=O) groups is 2. The molecule has 1 saturated heterocycles. The number of nitrogens with zero attached hydrogens (tertiary/aromatic N) is 3. The van der Waals surface area contributed by atoms with Crippen molar-refractivity contribution in [2.75, 3.05) is 42.6 Å². The molecule has 0 spiro atoms. The molecule has 11 nitrogen and oxygen atoms in total. The number of primary amides is 1. The molecule has 4 aromatic rings. The van der Waals surface area contributed by atoms with E-state index < -0.39 is 11.9 Å². The zero-order chi connectivity index (χ0) is 30.6. The highest BCUT2D eigenvalue weighted by molar-refractivity contribution is 6.03. The SMILES string of the molecule is Cl.NC[C@H]1CC[C@H](C(=O)N(c2ccc3c(=O)[nH][nH]c3c2)[C@@H](Cc2ccc(-c3ccc(N4CCOCC4)nc3)cc2)C(N)=O)CC1. The number of aromatic amines is 2. The Hall–Kier alpha value is -4.19. The fourth-order valence-electron chi connectivity index (χ4n) is 6.39. The number of ether oxygens (including phenoxy) is 1. The van der Waals surface area contributed by atoms with Crippen LogP contribution >= 0.6 is 12.4 Å². The molecule has 3 heterocycles. The Labute approximate surface area is 267 Å². The summed E-state index contributed by atoms with van der Waals surface area (Å²) in [4.78, 5) is 47.7. The highest BCUT2D eigenvalue weighted by Gasteiger charge is 2.36. The molecule has 45 heavy (non-hydrogen) atoms. The van der Waals surface area contributed by atoms with Crippen LogP contribution in [-0.2, 0) is 20.7 Å². The van der Waals surface area contributed by atoms with Gasteiger partial charge in [0.1, 0.15) is 11.9 Å². The van der Waals surface area contributed by atoms with Gasteiger partial charge < -0.3 is 21.1 Å². The molecule has 2 amide bonds. The van der Waals surface area contributed by atoms with E-state index in [4.69, 9.17) is 16.2 Å². The van der Waals surface area contributed by atoms with Crippen LogP contribution < -0.4 is 26.8 Å². The van der Waals surface area contributed by atoms with Gasteiger partial charge in [0.2, 0.25) is 11.8 Å². The minimum atomic E-state index is -0.918. The number of rotatable bonds is 9. The predicted octanol–water partition coefficient (Wildman–Crippen LogP) is 3.37. The fourth-order valence-corrected chi connectivity index (χ4v) is 6.39. The van der Waals surface area contributed by atoms with Gasteiger partial charge in [0, 0.05) is 42.9 Å². The lowest BCUT2D eigenvalue weighted by Crippen LogP contribution is -2.52. The second kappa shape index (κ2) is 14.3. The summed E-state index contributed by atoms with van der Waals surface area (Å²) in [6, 6.07) is 16.2. The maximum atomic E-state index is 14.1. The summed E-state index contributed by atoms with van der Waals surface area (Å²) in [5, 5.41) is 5.91. The van der Waals surface area contributed by atoms with Gasteiger partial charge in [-0.2, -0.15) is 0 Å². The minimum absolute atomic E-state index is 0. The quantitative estimate of drug-likeness (QED) is 0.219. The molecule has 1 aliphatic carbocycles. The number of nitrogens with two attached hydrogens (primary N) is 2. The number of nitrogens with one attached hydrogen (secondary N) is 2.